The zero-order valence-electron chi connectivity index (χ0n) is 10.0. The van der Waals surface area contributed by atoms with Crippen LogP contribution < -0.4 is 9.47 Å². The summed E-state index contributed by atoms with van der Waals surface area (Å²) in [4.78, 5) is 10.8. The van der Waals surface area contributed by atoms with E-state index < -0.39 is 18.0 Å². The van der Waals surface area contributed by atoms with Crippen molar-refractivity contribution in [1.29, 1.82) is 0 Å². The average Bonchev–Trinajstić information content (AvgIpc) is 2.35. The highest BCUT2D eigenvalue weighted by Gasteiger charge is 2.23. The van der Waals surface area contributed by atoms with E-state index in [4.69, 9.17) is 14.6 Å². The Morgan fingerprint density at radius 2 is 1.82 bits per heavy atom. The molecule has 0 radical (unpaired) electrons. The summed E-state index contributed by atoms with van der Waals surface area (Å²) in [5.41, 5.74) is 0.484. The van der Waals surface area contributed by atoms with Crippen molar-refractivity contribution in [3.63, 3.8) is 0 Å². The maximum absolute atomic E-state index is 10.8. The molecule has 94 valence electrons. The minimum atomic E-state index is -1.08. The first-order chi connectivity index (χ1) is 8.01. The van der Waals surface area contributed by atoms with Gasteiger partial charge in [-0.05, 0) is 24.6 Å². The number of rotatable bonds is 5. The van der Waals surface area contributed by atoms with Gasteiger partial charge < -0.3 is 19.7 Å². The fourth-order valence-electron chi connectivity index (χ4n) is 1.46. The van der Waals surface area contributed by atoms with E-state index in [1.165, 1.54) is 21.1 Å². The molecule has 1 aromatic rings. The molecule has 5 heteroatoms. The van der Waals surface area contributed by atoms with Crippen molar-refractivity contribution in [2.75, 3.05) is 14.2 Å². The molecule has 0 aliphatic carbocycles. The van der Waals surface area contributed by atoms with Crippen molar-refractivity contribution in [3.8, 4) is 11.5 Å². The number of benzene rings is 1. The predicted octanol–water partition coefficient (Wildman–Crippen LogP) is 1.46. The number of aliphatic carboxylic acids is 1. The van der Waals surface area contributed by atoms with Gasteiger partial charge in [-0.2, -0.15) is 0 Å². The zero-order valence-corrected chi connectivity index (χ0v) is 10.0. The van der Waals surface area contributed by atoms with Crippen LogP contribution in [0.1, 0.15) is 18.6 Å². The van der Waals surface area contributed by atoms with E-state index in [0.717, 1.165) is 0 Å². The Kier molecular flexibility index (Phi) is 4.34. The molecule has 1 rings (SSSR count). The molecule has 0 heterocycles. The Morgan fingerprint density at radius 3 is 2.29 bits per heavy atom. The van der Waals surface area contributed by atoms with Crippen LogP contribution in [0.3, 0.4) is 0 Å². The zero-order chi connectivity index (χ0) is 13.0. The number of carboxylic acids is 1. The summed E-state index contributed by atoms with van der Waals surface area (Å²) in [7, 11) is 2.99. The second kappa shape index (κ2) is 5.54. The number of carboxylic acid groups (broad SMARTS) is 1. The third-order valence-corrected chi connectivity index (χ3v) is 2.61. The maximum atomic E-state index is 10.8. The Bertz CT molecular complexity index is 402. The van der Waals surface area contributed by atoms with Crippen LogP contribution in [0.4, 0.5) is 0 Å². The lowest BCUT2D eigenvalue weighted by Crippen LogP contribution is -2.18. The van der Waals surface area contributed by atoms with Gasteiger partial charge in [0.15, 0.2) is 11.5 Å². The fraction of sp³-hybridized carbons (Fsp3) is 0.417. The van der Waals surface area contributed by atoms with E-state index in [1.54, 1.807) is 18.2 Å². The monoisotopic (exact) mass is 240 g/mol. The summed E-state index contributed by atoms with van der Waals surface area (Å²) in [6.07, 6.45) is -1.08. The highest BCUT2D eigenvalue weighted by Crippen LogP contribution is 2.32. The Labute approximate surface area is 99.6 Å². The summed E-state index contributed by atoms with van der Waals surface area (Å²) in [5, 5.41) is 18.7. The topological polar surface area (TPSA) is 76.0 Å². The maximum Gasteiger partial charge on any atom is 0.309 e. The van der Waals surface area contributed by atoms with Crippen molar-refractivity contribution in [2.45, 2.75) is 13.0 Å². The van der Waals surface area contributed by atoms with Crippen LogP contribution in [0.5, 0.6) is 11.5 Å². The van der Waals surface area contributed by atoms with Gasteiger partial charge >= 0.3 is 5.97 Å². The first kappa shape index (κ1) is 13.3. The number of hydrogen-bond donors (Lipinski definition) is 2. The Hall–Kier alpha value is -1.75. The number of aliphatic hydroxyl groups is 1. The molecule has 1 aromatic carbocycles. The summed E-state index contributed by atoms with van der Waals surface area (Å²) < 4.78 is 10.1. The van der Waals surface area contributed by atoms with Gasteiger partial charge in [-0.3, -0.25) is 4.79 Å². The molecule has 17 heavy (non-hydrogen) atoms. The van der Waals surface area contributed by atoms with Crippen LogP contribution in [0.2, 0.25) is 0 Å². The van der Waals surface area contributed by atoms with Crippen molar-refractivity contribution >= 4 is 5.97 Å². The third-order valence-electron chi connectivity index (χ3n) is 2.61. The molecule has 2 atom stereocenters. The van der Waals surface area contributed by atoms with E-state index >= 15 is 0 Å². The molecule has 2 N–H and O–H groups in total. The Morgan fingerprint density at radius 1 is 1.24 bits per heavy atom. The average molecular weight is 240 g/mol. The number of methoxy groups -OCH3 is 2. The molecule has 0 spiro atoms. The molecule has 0 aromatic heterocycles. The predicted molar refractivity (Wildman–Crippen MR) is 61.3 cm³/mol. The molecular weight excluding hydrogens is 224 g/mol. The van der Waals surface area contributed by atoms with Crippen LogP contribution in [-0.4, -0.2) is 30.4 Å². The molecular formula is C12H16O5. The first-order valence-electron chi connectivity index (χ1n) is 5.14. The minimum Gasteiger partial charge on any atom is -0.493 e. The van der Waals surface area contributed by atoms with E-state index in [2.05, 4.69) is 0 Å². The SMILES string of the molecule is COc1ccc(C(O)C(C)C(=O)O)cc1OC. The number of ether oxygens (including phenoxy) is 2. The van der Waals surface area contributed by atoms with E-state index in [9.17, 15) is 9.90 Å². The second-order valence-electron chi connectivity index (χ2n) is 3.69. The molecule has 0 saturated heterocycles. The summed E-state index contributed by atoms with van der Waals surface area (Å²) in [5.74, 6) is -0.937. The van der Waals surface area contributed by atoms with Crippen molar-refractivity contribution in [3.05, 3.63) is 23.8 Å². The lowest BCUT2D eigenvalue weighted by Gasteiger charge is -2.17. The van der Waals surface area contributed by atoms with Crippen LogP contribution in [-0.2, 0) is 4.79 Å². The van der Waals surface area contributed by atoms with Gasteiger partial charge in [0.05, 0.1) is 26.2 Å². The van der Waals surface area contributed by atoms with Crippen LogP contribution in [0.15, 0.2) is 18.2 Å². The van der Waals surface area contributed by atoms with Gasteiger partial charge in [0.25, 0.3) is 0 Å². The van der Waals surface area contributed by atoms with Gasteiger partial charge in [0, 0.05) is 0 Å². The highest BCUT2D eigenvalue weighted by atomic mass is 16.5. The first-order valence-corrected chi connectivity index (χ1v) is 5.14. The molecule has 0 amide bonds. The van der Waals surface area contributed by atoms with Gasteiger partial charge in [0.1, 0.15) is 0 Å². The third kappa shape index (κ3) is 2.88. The van der Waals surface area contributed by atoms with Crippen molar-refractivity contribution in [2.24, 2.45) is 5.92 Å². The Balaban J connectivity index is 3.03. The van der Waals surface area contributed by atoms with Gasteiger partial charge in [-0.1, -0.05) is 6.07 Å². The lowest BCUT2D eigenvalue weighted by molar-refractivity contribution is -0.145. The molecule has 0 aliphatic rings. The van der Waals surface area contributed by atoms with Crippen molar-refractivity contribution < 1.29 is 24.5 Å². The van der Waals surface area contributed by atoms with E-state index in [1.807, 2.05) is 0 Å². The smallest absolute Gasteiger partial charge is 0.309 e. The van der Waals surface area contributed by atoms with Gasteiger partial charge in [-0.25, -0.2) is 0 Å². The van der Waals surface area contributed by atoms with Crippen LogP contribution in [0.25, 0.3) is 0 Å². The number of carbonyl (C=O) groups is 1. The molecule has 2 unspecified atom stereocenters. The highest BCUT2D eigenvalue weighted by molar-refractivity contribution is 5.70. The number of aliphatic hydroxyl groups excluding tert-OH is 1. The fourth-order valence-corrected chi connectivity index (χ4v) is 1.46. The lowest BCUT2D eigenvalue weighted by atomic mass is 9.97. The molecule has 0 bridgehead atoms. The quantitative estimate of drug-likeness (QED) is 0.814. The van der Waals surface area contributed by atoms with Crippen LogP contribution >= 0.6 is 0 Å². The summed E-state index contributed by atoms with van der Waals surface area (Å²) in [6.45, 7) is 1.45. The van der Waals surface area contributed by atoms with Gasteiger partial charge in [0.2, 0.25) is 0 Å². The molecule has 0 saturated carbocycles. The van der Waals surface area contributed by atoms with E-state index in [0.29, 0.717) is 17.1 Å². The molecule has 5 nitrogen and oxygen atoms in total. The second-order valence-corrected chi connectivity index (χ2v) is 3.69. The summed E-state index contributed by atoms with van der Waals surface area (Å²) >= 11 is 0. The summed E-state index contributed by atoms with van der Waals surface area (Å²) in [6, 6.07) is 4.82. The van der Waals surface area contributed by atoms with Crippen LogP contribution in [0, 0.1) is 5.92 Å². The standard InChI is InChI=1S/C12H16O5/c1-7(12(14)15)11(13)8-4-5-9(16-2)10(6-8)17-3/h4-7,11,13H,1-3H3,(H,14,15). The van der Waals surface area contributed by atoms with Crippen molar-refractivity contribution in [1.82, 2.24) is 0 Å². The number of hydrogen-bond acceptors (Lipinski definition) is 4. The largest absolute Gasteiger partial charge is 0.493 e. The normalized spacial score (nSPS) is 13.9. The minimum absolute atomic E-state index is 0.460. The van der Waals surface area contributed by atoms with E-state index in [-0.39, 0.29) is 0 Å². The van der Waals surface area contributed by atoms with Gasteiger partial charge in [-0.15, -0.1) is 0 Å². The molecule has 0 fully saturated rings. The molecule has 0 aliphatic heterocycles.